The molecule has 1 aliphatic rings. The van der Waals surface area contributed by atoms with Crippen LogP contribution in [0, 0.1) is 12.8 Å². The first kappa shape index (κ1) is 15.9. The summed E-state index contributed by atoms with van der Waals surface area (Å²) in [6.45, 7) is 3.42. The van der Waals surface area contributed by atoms with Gasteiger partial charge in [0.25, 0.3) is 0 Å². The van der Waals surface area contributed by atoms with Gasteiger partial charge >= 0.3 is 5.97 Å². The zero-order chi connectivity index (χ0) is 15.2. The van der Waals surface area contributed by atoms with Crippen molar-refractivity contribution < 1.29 is 14.7 Å². The molecule has 21 heavy (non-hydrogen) atoms. The van der Waals surface area contributed by atoms with E-state index in [2.05, 4.69) is 0 Å². The van der Waals surface area contributed by atoms with Crippen LogP contribution in [0.5, 0.6) is 0 Å². The van der Waals surface area contributed by atoms with Crippen molar-refractivity contribution in [3.05, 3.63) is 29.8 Å². The lowest BCUT2D eigenvalue weighted by Crippen LogP contribution is -2.39. The average molecular weight is 307 g/mol. The van der Waals surface area contributed by atoms with Gasteiger partial charge in [-0.05, 0) is 37.3 Å². The number of likely N-dealkylation sites (tertiary alicyclic amines) is 1. The number of carboxylic acid groups (broad SMARTS) is 1. The maximum Gasteiger partial charge on any atom is 0.303 e. The highest BCUT2D eigenvalue weighted by Crippen LogP contribution is 2.24. The molecule has 0 spiro atoms. The molecule has 1 saturated heterocycles. The minimum absolute atomic E-state index is 0.150. The highest BCUT2D eigenvalue weighted by atomic mass is 32.2. The van der Waals surface area contributed by atoms with E-state index in [-0.39, 0.29) is 18.2 Å². The zero-order valence-corrected chi connectivity index (χ0v) is 13.1. The molecule has 4 nitrogen and oxygen atoms in total. The maximum atomic E-state index is 12.2. The number of rotatable bonds is 5. The highest BCUT2D eigenvalue weighted by molar-refractivity contribution is 8.00. The van der Waals surface area contributed by atoms with Gasteiger partial charge in [0.15, 0.2) is 0 Å². The number of benzene rings is 1. The first-order chi connectivity index (χ1) is 10.1. The van der Waals surface area contributed by atoms with Crippen LogP contribution in [-0.2, 0) is 9.59 Å². The fraction of sp³-hybridized carbons (Fsp3) is 0.500. The summed E-state index contributed by atoms with van der Waals surface area (Å²) >= 11 is 1.57. The van der Waals surface area contributed by atoms with E-state index in [9.17, 15) is 9.59 Å². The number of amides is 1. The van der Waals surface area contributed by atoms with Crippen molar-refractivity contribution in [2.24, 2.45) is 5.92 Å². The summed E-state index contributed by atoms with van der Waals surface area (Å²) in [6, 6.07) is 8.06. The molecule has 1 aromatic rings. The Hall–Kier alpha value is -1.49. The van der Waals surface area contributed by atoms with Crippen LogP contribution < -0.4 is 0 Å². The standard InChI is InChI=1S/C16H21NO3S/c1-12-4-2-3-5-14(12)21-11-15(18)17-8-6-13(7-9-17)10-16(19)20/h2-5,13H,6-11H2,1H3,(H,19,20). The Morgan fingerprint density at radius 2 is 1.95 bits per heavy atom. The van der Waals surface area contributed by atoms with Crippen LogP contribution in [0.15, 0.2) is 29.2 Å². The second-order valence-corrected chi connectivity index (χ2v) is 6.49. The molecule has 0 unspecified atom stereocenters. The van der Waals surface area contributed by atoms with Crippen LogP contribution in [0.1, 0.15) is 24.8 Å². The lowest BCUT2D eigenvalue weighted by atomic mass is 9.94. The fourth-order valence-corrected chi connectivity index (χ4v) is 3.51. The molecule has 1 aromatic carbocycles. The second kappa shape index (κ2) is 7.50. The summed E-state index contributed by atoms with van der Waals surface area (Å²) in [5.41, 5.74) is 1.19. The number of carbonyl (C=O) groups excluding carboxylic acids is 1. The molecule has 0 atom stereocenters. The molecule has 5 heteroatoms. The Balaban J connectivity index is 1.77. The van der Waals surface area contributed by atoms with E-state index in [1.807, 2.05) is 36.1 Å². The van der Waals surface area contributed by atoms with Crippen molar-refractivity contribution in [3.8, 4) is 0 Å². The Morgan fingerprint density at radius 3 is 2.57 bits per heavy atom. The zero-order valence-electron chi connectivity index (χ0n) is 12.2. The number of nitrogens with zero attached hydrogens (tertiary/aromatic N) is 1. The Labute approximate surface area is 129 Å². The number of piperidine rings is 1. The Morgan fingerprint density at radius 1 is 1.29 bits per heavy atom. The molecule has 114 valence electrons. The van der Waals surface area contributed by atoms with Gasteiger partial charge in [-0.15, -0.1) is 11.8 Å². The van der Waals surface area contributed by atoms with Gasteiger partial charge in [-0.25, -0.2) is 0 Å². The smallest absolute Gasteiger partial charge is 0.303 e. The van der Waals surface area contributed by atoms with Crippen molar-refractivity contribution in [1.82, 2.24) is 4.90 Å². The lowest BCUT2D eigenvalue weighted by molar-refractivity contribution is -0.138. The molecule has 1 aliphatic heterocycles. The van der Waals surface area contributed by atoms with E-state index in [4.69, 9.17) is 5.11 Å². The van der Waals surface area contributed by atoms with Gasteiger partial charge in [0, 0.05) is 24.4 Å². The van der Waals surface area contributed by atoms with E-state index < -0.39 is 5.97 Å². The number of carbonyl (C=O) groups is 2. The maximum absolute atomic E-state index is 12.2. The molecule has 1 heterocycles. The van der Waals surface area contributed by atoms with Crippen LogP contribution >= 0.6 is 11.8 Å². The van der Waals surface area contributed by atoms with Crippen LogP contribution in [0.3, 0.4) is 0 Å². The average Bonchev–Trinajstić information content (AvgIpc) is 2.46. The molecule has 0 aliphatic carbocycles. The molecule has 0 radical (unpaired) electrons. The first-order valence-electron chi connectivity index (χ1n) is 7.24. The Kier molecular flexibility index (Phi) is 5.67. The number of thioether (sulfide) groups is 1. The number of aliphatic carboxylic acids is 1. The summed E-state index contributed by atoms with van der Waals surface area (Å²) in [5, 5.41) is 8.79. The topological polar surface area (TPSA) is 57.6 Å². The van der Waals surface area contributed by atoms with Gasteiger partial charge in [-0.3, -0.25) is 9.59 Å². The fourth-order valence-electron chi connectivity index (χ4n) is 2.58. The van der Waals surface area contributed by atoms with Crippen LogP contribution in [0.25, 0.3) is 0 Å². The normalized spacial score (nSPS) is 16.0. The molecular formula is C16H21NO3S. The number of aryl methyl sites for hydroxylation is 1. The largest absolute Gasteiger partial charge is 0.481 e. The van der Waals surface area contributed by atoms with Crippen molar-refractivity contribution in [3.63, 3.8) is 0 Å². The predicted octanol–water partition coefficient (Wildman–Crippen LogP) is 2.80. The molecule has 0 saturated carbocycles. The predicted molar refractivity (Wildman–Crippen MR) is 83.5 cm³/mol. The third kappa shape index (κ3) is 4.77. The molecule has 1 amide bonds. The van der Waals surface area contributed by atoms with Crippen molar-refractivity contribution in [1.29, 1.82) is 0 Å². The van der Waals surface area contributed by atoms with Crippen LogP contribution in [0.2, 0.25) is 0 Å². The third-order valence-electron chi connectivity index (χ3n) is 3.88. The number of hydrogen-bond acceptors (Lipinski definition) is 3. The summed E-state index contributed by atoms with van der Waals surface area (Å²) in [4.78, 5) is 25.9. The van der Waals surface area contributed by atoms with Gasteiger partial charge < -0.3 is 10.0 Å². The molecular weight excluding hydrogens is 286 g/mol. The molecule has 2 rings (SSSR count). The summed E-state index contributed by atoms with van der Waals surface area (Å²) in [7, 11) is 0. The van der Waals surface area contributed by atoms with E-state index in [1.54, 1.807) is 11.8 Å². The first-order valence-corrected chi connectivity index (χ1v) is 8.23. The number of carboxylic acids is 1. The van der Waals surface area contributed by atoms with Crippen LogP contribution in [-0.4, -0.2) is 40.7 Å². The SMILES string of the molecule is Cc1ccccc1SCC(=O)N1CCC(CC(=O)O)CC1. The minimum atomic E-state index is -0.741. The quantitative estimate of drug-likeness (QED) is 0.850. The van der Waals surface area contributed by atoms with Crippen molar-refractivity contribution in [2.45, 2.75) is 31.1 Å². The molecule has 1 N–H and O–H groups in total. The molecule has 1 fully saturated rings. The molecule has 0 aromatic heterocycles. The monoisotopic (exact) mass is 307 g/mol. The molecule has 0 bridgehead atoms. The van der Waals surface area contributed by atoms with Gasteiger partial charge in [0.1, 0.15) is 0 Å². The number of hydrogen-bond donors (Lipinski definition) is 1. The third-order valence-corrected chi connectivity index (χ3v) is 5.04. The van der Waals surface area contributed by atoms with Crippen molar-refractivity contribution in [2.75, 3.05) is 18.8 Å². The van der Waals surface area contributed by atoms with Crippen LogP contribution in [0.4, 0.5) is 0 Å². The summed E-state index contributed by atoms with van der Waals surface area (Å²) in [6.07, 6.45) is 1.82. The Bertz CT molecular complexity index is 510. The van der Waals surface area contributed by atoms with Crippen molar-refractivity contribution >= 4 is 23.6 Å². The van der Waals surface area contributed by atoms with Gasteiger partial charge in [-0.1, -0.05) is 18.2 Å². The summed E-state index contributed by atoms with van der Waals surface area (Å²) < 4.78 is 0. The van der Waals surface area contributed by atoms with Gasteiger partial charge in [-0.2, -0.15) is 0 Å². The minimum Gasteiger partial charge on any atom is -0.481 e. The van der Waals surface area contributed by atoms with E-state index in [0.29, 0.717) is 18.8 Å². The van der Waals surface area contributed by atoms with E-state index in [1.165, 1.54) is 5.56 Å². The van der Waals surface area contributed by atoms with E-state index >= 15 is 0 Å². The second-order valence-electron chi connectivity index (χ2n) is 5.48. The highest BCUT2D eigenvalue weighted by Gasteiger charge is 2.24. The summed E-state index contributed by atoms with van der Waals surface area (Å²) in [5.74, 6) is 0.0801. The lowest BCUT2D eigenvalue weighted by Gasteiger charge is -2.31. The van der Waals surface area contributed by atoms with Gasteiger partial charge in [0.2, 0.25) is 5.91 Å². The van der Waals surface area contributed by atoms with E-state index in [0.717, 1.165) is 17.7 Å². The van der Waals surface area contributed by atoms with Gasteiger partial charge in [0.05, 0.1) is 5.75 Å².